The maximum atomic E-state index is 12.5. The van der Waals surface area contributed by atoms with Crippen LogP contribution in [0.2, 0.25) is 5.15 Å². The highest BCUT2D eigenvalue weighted by Gasteiger charge is 2.35. The van der Waals surface area contributed by atoms with Crippen LogP contribution < -0.4 is 4.72 Å². The highest BCUT2D eigenvalue weighted by atomic mass is 35.5. The van der Waals surface area contributed by atoms with Gasteiger partial charge in [0.05, 0.1) is 6.10 Å². The second-order valence-electron chi connectivity index (χ2n) is 5.06. The lowest BCUT2D eigenvalue weighted by molar-refractivity contribution is -0.141. The molecular weight excluding hydrogens is 345 g/mol. The van der Waals surface area contributed by atoms with Crippen LogP contribution in [0, 0.1) is 0 Å². The van der Waals surface area contributed by atoms with Gasteiger partial charge in [0.15, 0.2) is 0 Å². The summed E-state index contributed by atoms with van der Waals surface area (Å²) in [6.07, 6.45) is -3.08. The molecule has 1 aromatic heterocycles. The van der Waals surface area contributed by atoms with Crippen LogP contribution in [-0.4, -0.2) is 30.7 Å². The van der Waals surface area contributed by atoms with Gasteiger partial charge in [-0.2, -0.15) is 13.2 Å². The molecule has 1 aromatic rings. The largest absolute Gasteiger partial charge is 0.433 e. The monoisotopic (exact) mass is 358 g/mol. The Morgan fingerprint density at radius 1 is 1.27 bits per heavy atom. The van der Waals surface area contributed by atoms with Crippen LogP contribution in [0.25, 0.3) is 0 Å². The Balaban J connectivity index is 2.26. The fraction of sp³-hybridized carbons (Fsp3) is 0.583. The smallest absolute Gasteiger partial charge is 0.391 e. The van der Waals surface area contributed by atoms with Crippen LogP contribution in [0.15, 0.2) is 17.0 Å². The topological polar surface area (TPSA) is 79.3 Å². The average Bonchev–Trinajstić information content (AvgIpc) is 2.40. The fourth-order valence-corrected chi connectivity index (χ4v) is 4.07. The van der Waals surface area contributed by atoms with Gasteiger partial charge in [0.25, 0.3) is 0 Å². The fourth-order valence-electron chi connectivity index (χ4n) is 2.29. The Hall–Kier alpha value is -0.900. The number of hydrogen-bond acceptors (Lipinski definition) is 4. The third kappa shape index (κ3) is 3.89. The first kappa shape index (κ1) is 17.5. The number of nitrogens with zero attached hydrogens (tertiary/aromatic N) is 1. The minimum Gasteiger partial charge on any atom is -0.391 e. The van der Waals surface area contributed by atoms with E-state index in [1.54, 1.807) is 0 Å². The van der Waals surface area contributed by atoms with Crippen molar-refractivity contribution in [2.75, 3.05) is 0 Å². The second-order valence-corrected chi connectivity index (χ2v) is 7.10. The van der Waals surface area contributed by atoms with Crippen molar-refractivity contribution in [3.63, 3.8) is 0 Å². The summed E-state index contributed by atoms with van der Waals surface area (Å²) in [6.45, 7) is 0. The van der Waals surface area contributed by atoms with E-state index in [0.717, 1.165) is 18.9 Å². The molecule has 2 N–H and O–H groups in total. The molecule has 10 heteroatoms. The van der Waals surface area contributed by atoms with Gasteiger partial charge in [-0.25, -0.2) is 18.1 Å². The van der Waals surface area contributed by atoms with E-state index < -0.39 is 44.1 Å². The molecular formula is C12H14ClF3N2O3S. The van der Waals surface area contributed by atoms with Crippen LogP contribution in [-0.2, 0) is 16.2 Å². The number of aromatic nitrogens is 1. The molecule has 124 valence electrons. The molecule has 5 nitrogen and oxygen atoms in total. The van der Waals surface area contributed by atoms with Crippen molar-refractivity contribution >= 4 is 21.6 Å². The van der Waals surface area contributed by atoms with Crippen molar-refractivity contribution in [2.45, 2.75) is 48.9 Å². The second kappa shape index (κ2) is 6.31. The van der Waals surface area contributed by atoms with E-state index in [1.165, 1.54) is 0 Å². The van der Waals surface area contributed by atoms with Gasteiger partial charge in [-0.3, -0.25) is 0 Å². The number of pyridine rings is 1. The molecule has 0 unspecified atom stereocenters. The summed E-state index contributed by atoms with van der Waals surface area (Å²) in [6, 6.07) is 0.630. The van der Waals surface area contributed by atoms with E-state index in [9.17, 15) is 26.7 Å². The first-order valence-corrected chi connectivity index (χ1v) is 8.41. The summed E-state index contributed by atoms with van der Waals surface area (Å²) in [7, 11) is -4.16. The molecule has 0 radical (unpaired) electrons. The molecule has 1 aliphatic carbocycles. The van der Waals surface area contributed by atoms with Crippen molar-refractivity contribution in [1.82, 2.24) is 9.71 Å². The predicted molar refractivity (Wildman–Crippen MR) is 72.8 cm³/mol. The van der Waals surface area contributed by atoms with Crippen LogP contribution in [0.1, 0.15) is 31.4 Å². The summed E-state index contributed by atoms with van der Waals surface area (Å²) in [5.41, 5.74) is -1.27. The molecule has 2 atom stereocenters. The Morgan fingerprint density at radius 2 is 1.91 bits per heavy atom. The van der Waals surface area contributed by atoms with Crippen molar-refractivity contribution in [3.8, 4) is 0 Å². The minimum absolute atomic E-state index is 0.450. The van der Waals surface area contributed by atoms with E-state index in [-0.39, 0.29) is 0 Å². The molecule has 22 heavy (non-hydrogen) atoms. The van der Waals surface area contributed by atoms with Crippen molar-refractivity contribution in [3.05, 3.63) is 23.0 Å². The van der Waals surface area contributed by atoms with Gasteiger partial charge >= 0.3 is 6.18 Å². The van der Waals surface area contributed by atoms with Gasteiger partial charge in [0, 0.05) is 6.04 Å². The van der Waals surface area contributed by atoms with Gasteiger partial charge < -0.3 is 5.11 Å². The third-order valence-electron chi connectivity index (χ3n) is 3.43. The maximum Gasteiger partial charge on any atom is 0.433 e. The van der Waals surface area contributed by atoms with Crippen LogP contribution in [0.5, 0.6) is 0 Å². The lowest BCUT2D eigenvalue weighted by Crippen LogP contribution is -2.45. The number of aliphatic hydroxyl groups is 1. The summed E-state index contributed by atoms with van der Waals surface area (Å²) in [5, 5.41) is 9.02. The first-order valence-electron chi connectivity index (χ1n) is 6.55. The zero-order valence-corrected chi connectivity index (χ0v) is 12.8. The summed E-state index contributed by atoms with van der Waals surface area (Å²) < 4.78 is 64.2. The highest BCUT2D eigenvalue weighted by molar-refractivity contribution is 7.89. The molecule has 0 spiro atoms. The minimum atomic E-state index is -4.71. The molecule has 0 bridgehead atoms. The molecule has 0 aliphatic heterocycles. The normalized spacial score (nSPS) is 23.5. The number of sulfonamides is 1. The molecule has 1 fully saturated rings. The molecule has 1 saturated carbocycles. The van der Waals surface area contributed by atoms with Crippen LogP contribution >= 0.6 is 11.6 Å². The van der Waals surface area contributed by atoms with E-state index in [0.29, 0.717) is 18.9 Å². The Kier molecular flexibility index (Phi) is 5.00. The summed E-state index contributed by atoms with van der Waals surface area (Å²) in [5.74, 6) is 0. The highest BCUT2D eigenvalue weighted by Crippen LogP contribution is 2.31. The van der Waals surface area contributed by atoms with Crippen LogP contribution in [0.4, 0.5) is 13.2 Å². The van der Waals surface area contributed by atoms with Crippen LogP contribution in [0.3, 0.4) is 0 Å². The Bertz CT molecular complexity index is 652. The lowest BCUT2D eigenvalue weighted by Gasteiger charge is -2.28. The molecule has 0 amide bonds. The molecule has 0 aromatic carbocycles. The third-order valence-corrected chi connectivity index (χ3v) is 5.35. The SMILES string of the molecule is O=S(=O)(N[C@@H]1CCCC[C@@H]1O)c1ccc(C(F)(F)F)nc1Cl. The van der Waals surface area contributed by atoms with Gasteiger partial charge in [-0.05, 0) is 25.0 Å². The predicted octanol–water partition coefficient (Wildman–Crippen LogP) is 2.34. The van der Waals surface area contributed by atoms with E-state index in [1.807, 2.05) is 0 Å². The van der Waals surface area contributed by atoms with Crippen molar-refractivity contribution in [1.29, 1.82) is 0 Å². The number of hydrogen-bond donors (Lipinski definition) is 2. The number of aliphatic hydroxyl groups excluding tert-OH is 1. The zero-order chi connectivity index (χ0) is 16.5. The van der Waals surface area contributed by atoms with E-state index in [4.69, 9.17) is 11.6 Å². The number of halogens is 4. The molecule has 1 heterocycles. The van der Waals surface area contributed by atoms with Gasteiger partial charge in [0.1, 0.15) is 15.7 Å². The number of nitrogens with one attached hydrogen (secondary N) is 1. The first-order chi connectivity index (χ1) is 10.1. The Morgan fingerprint density at radius 3 is 2.45 bits per heavy atom. The number of alkyl halides is 3. The van der Waals surface area contributed by atoms with Gasteiger partial charge in [0.2, 0.25) is 10.0 Å². The average molecular weight is 359 g/mol. The van der Waals surface area contributed by atoms with E-state index >= 15 is 0 Å². The quantitative estimate of drug-likeness (QED) is 0.813. The summed E-state index contributed by atoms with van der Waals surface area (Å²) >= 11 is 5.58. The van der Waals surface area contributed by atoms with Gasteiger partial charge in [-0.15, -0.1) is 0 Å². The van der Waals surface area contributed by atoms with Gasteiger partial charge in [-0.1, -0.05) is 24.4 Å². The Labute approximate surface area is 130 Å². The lowest BCUT2D eigenvalue weighted by atomic mass is 9.93. The molecule has 0 saturated heterocycles. The maximum absolute atomic E-state index is 12.5. The summed E-state index contributed by atoms with van der Waals surface area (Å²) in [4.78, 5) is 2.54. The van der Waals surface area contributed by atoms with Crippen molar-refractivity contribution < 1.29 is 26.7 Å². The molecule has 1 aliphatic rings. The number of rotatable bonds is 3. The molecule has 2 rings (SSSR count). The van der Waals surface area contributed by atoms with Crippen molar-refractivity contribution in [2.24, 2.45) is 0 Å². The zero-order valence-electron chi connectivity index (χ0n) is 11.3. The standard InChI is InChI=1S/C12H14ClF3N2O3S/c13-11-9(5-6-10(17-11)12(14,15)16)22(20,21)18-7-3-1-2-4-8(7)19/h5-8,18-19H,1-4H2/t7-,8+/m1/s1. The van der Waals surface area contributed by atoms with E-state index in [2.05, 4.69) is 9.71 Å².